The van der Waals surface area contributed by atoms with Gasteiger partial charge in [-0.3, -0.25) is 0 Å². The zero-order valence-corrected chi connectivity index (χ0v) is 16.4. The second kappa shape index (κ2) is 7.50. The zero-order valence-electron chi connectivity index (χ0n) is 15.6. The number of amides is 1. The first kappa shape index (κ1) is 22.3. The number of hydrogen-bond acceptors (Lipinski definition) is 5. The molecule has 3 N–H and O–H groups in total. The second-order valence-electron chi connectivity index (χ2n) is 7.34. The van der Waals surface area contributed by atoms with E-state index in [1.807, 2.05) is 0 Å². The monoisotopic (exact) mass is 390 g/mol. The van der Waals surface area contributed by atoms with Gasteiger partial charge in [-0.15, -0.1) is 0 Å². The number of nitrogens with two attached hydrogens (primary N) is 1. The van der Waals surface area contributed by atoms with Crippen molar-refractivity contribution < 1.29 is 28.0 Å². The van der Waals surface area contributed by atoms with Gasteiger partial charge in [-0.2, -0.15) is 8.78 Å². The molecular weight excluding hydrogens is 366 g/mol. The minimum atomic E-state index is -3.65. The first-order chi connectivity index (χ1) is 11.6. The van der Waals surface area contributed by atoms with E-state index in [0.29, 0.717) is 0 Å². The molecule has 1 atom stereocenters. The Bertz CT molecular complexity index is 710. The first-order valence-electron chi connectivity index (χ1n) is 7.76. The summed E-state index contributed by atoms with van der Waals surface area (Å²) in [5.74, 6) is -3.88. The van der Waals surface area contributed by atoms with Crippen LogP contribution in [0.2, 0.25) is 0 Å². The van der Waals surface area contributed by atoms with E-state index < -0.39 is 39.3 Å². The lowest BCUT2D eigenvalue weighted by Gasteiger charge is -2.29. The Morgan fingerprint density at radius 1 is 1.23 bits per heavy atom. The number of benzene rings is 1. The maximum absolute atomic E-state index is 14.6. The van der Waals surface area contributed by atoms with Crippen LogP contribution < -0.4 is 10.5 Å². The molecule has 1 aromatic carbocycles. The fraction of sp³-hybridized carbons (Fsp3) is 0.529. The van der Waals surface area contributed by atoms with Crippen LogP contribution in [-0.4, -0.2) is 31.8 Å². The SMILES string of the molecule is CC(=N[S+]([O-])C(C)(C)C)c1cc(OC(N)=O)cc(C(F)(F)C(C)(C)O)c1. The van der Waals surface area contributed by atoms with Crippen LogP contribution in [0.5, 0.6) is 5.75 Å². The number of hydrogen-bond donors (Lipinski definition) is 2. The lowest BCUT2D eigenvalue weighted by Crippen LogP contribution is -2.40. The van der Waals surface area contributed by atoms with Crippen LogP contribution in [-0.2, 0) is 17.3 Å². The predicted molar refractivity (Wildman–Crippen MR) is 97.0 cm³/mol. The second-order valence-corrected chi connectivity index (χ2v) is 9.24. The molecule has 0 bridgehead atoms. The van der Waals surface area contributed by atoms with Gasteiger partial charge in [-0.1, -0.05) is 4.40 Å². The highest BCUT2D eigenvalue weighted by Crippen LogP contribution is 2.40. The Balaban J connectivity index is 3.51. The summed E-state index contributed by atoms with van der Waals surface area (Å²) < 4.78 is 49.4. The van der Waals surface area contributed by atoms with Gasteiger partial charge < -0.3 is 20.1 Å². The van der Waals surface area contributed by atoms with E-state index in [2.05, 4.69) is 4.40 Å². The van der Waals surface area contributed by atoms with Crippen molar-refractivity contribution in [3.63, 3.8) is 0 Å². The molecule has 1 rings (SSSR count). The number of aliphatic hydroxyl groups is 1. The van der Waals surface area contributed by atoms with Crippen molar-refractivity contribution in [1.29, 1.82) is 0 Å². The number of alkyl halides is 2. The molecule has 0 saturated carbocycles. The van der Waals surface area contributed by atoms with Gasteiger partial charge >= 0.3 is 12.0 Å². The van der Waals surface area contributed by atoms with Crippen molar-refractivity contribution in [2.45, 2.75) is 57.8 Å². The Kier molecular flexibility index (Phi) is 6.44. The maximum Gasteiger partial charge on any atom is 0.409 e. The quantitative estimate of drug-likeness (QED) is 0.594. The number of nitrogens with zero attached hydrogens (tertiary/aromatic N) is 1. The van der Waals surface area contributed by atoms with E-state index >= 15 is 0 Å². The van der Waals surface area contributed by atoms with Crippen LogP contribution in [0.15, 0.2) is 22.6 Å². The molecule has 0 aliphatic rings. The highest BCUT2D eigenvalue weighted by molar-refractivity contribution is 7.91. The molecule has 0 radical (unpaired) electrons. The van der Waals surface area contributed by atoms with Gasteiger partial charge in [0, 0.05) is 11.1 Å². The highest BCUT2D eigenvalue weighted by atomic mass is 32.2. The van der Waals surface area contributed by atoms with Gasteiger partial charge in [0.15, 0.2) is 0 Å². The van der Waals surface area contributed by atoms with Crippen molar-refractivity contribution in [3.8, 4) is 5.75 Å². The summed E-state index contributed by atoms with van der Waals surface area (Å²) in [5, 5.41) is 9.79. The van der Waals surface area contributed by atoms with E-state index in [9.17, 15) is 23.2 Å². The molecule has 1 unspecified atom stereocenters. The van der Waals surface area contributed by atoms with Crippen LogP contribution >= 0.6 is 0 Å². The number of primary amides is 1. The molecule has 9 heteroatoms. The molecule has 0 aromatic heterocycles. The predicted octanol–water partition coefficient (Wildman–Crippen LogP) is 3.28. The smallest absolute Gasteiger partial charge is 0.409 e. The van der Waals surface area contributed by atoms with Gasteiger partial charge in [0.2, 0.25) is 0 Å². The molecule has 0 heterocycles. The van der Waals surface area contributed by atoms with Crippen molar-refractivity contribution in [2.24, 2.45) is 10.1 Å². The Morgan fingerprint density at radius 2 is 1.77 bits per heavy atom. The molecule has 26 heavy (non-hydrogen) atoms. The number of carbonyl (C=O) groups excluding carboxylic acids is 1. The Labute approximate surface area is 154 Å². The summed E-state index contributed by atoms with van der Waals surface area (Å²) in [6.45, 7) is 8.59. The van der Waals surface area contributed by atoms with E-state index in [0.717, 1.165) is 26.0 Å². The Morgan fingerprint density at radius 3 is 2.19 bits per heavy atom. The standard InChI is InChI=1S/C17H24F2N2O4S/c1-10(21-26(24)15(2,3)4)11-7-12(17(18,19)16(5,6)23)9-13(8-11)25-14(20)22/h7-9,23H,1-6H3,(H2,20,22). The molecular formula is C17H24F2N2O4S. The molecule has 146 valence electrons. The van der Waals surface area contributed by atoms with Gasteiger partial charge in [-0.25, -0.2) is 4.79 Å². The van der Waals surface area contributed by atoms with Gasteiger partial charge in [0.1, 0.15) is 27.5 Å². The van der Waals surface area contributed by atoms with Crippen LogP contribution in [0, 0.1) is 0 Å². The molecule has 0 aliphatic heterocycles. The van der Waals surface area contributed by atoms with E-state index in [1.54, 1.807) is 20.8 Å². The van der Waals surface area contributed by atoms with Gasteiger partial charge in [0.05, 0.1) is 5.71 Å². The molecule has 0 aliphatic carbocycles. The van der Waals surface area contributed by atoms with Crippen molar-refractivity contribution in [2.75, 3.05) is 0 Å². The maximum atomic E-state index is 14.6. The van der Waals surface area contributed by atoms with Gasteiger partial charge in [-0.05, 0) is 59.7 Å². The third kappa shape index (κ3) is 5.39. The third-order valence-electron chi connectivity index (χ3n) is 3.42. The summed E-state index contributed by atoms with van der Waals surface area (Å²) in [4.78, 5) is 11.0. The molecule has 6 nitrogen and oxygen atoms in total. The summed E-state index contributed by atoms with van der Waals surface area (Å²) in [6.07, 6.45) is -1.17. The molecule has 0 fully saturated rings. The van der Waals surface area contributed by atoms with Crippen LogP contribution in [0.1, 0.15) is 52.7 Å². The third-order valence-corrected chi connectivity index (χ3v) is 4.90. The lowest BCUT2D eigenvalue weighted by molar-refractivity contribution is -0.168. The van der Waals surface area contributed by atoms with E-state index in [-0.39, 0.29) is 17.0 Å². The number of rotatable bonds is 5. The summed E-state index contributed by atoms with van der Waals surface area (Å²) >= 11 is -1.61. The number of ether oxygens (including phenoxy) is 1. The average molecular weight is 390 g/mol. The largest absolute Gasteiger partial charge is 0.591 e. The van der Waals surface area contributed by atoms with E-state index in [1.165, 1.54) is 13.0 Å². The summed E-state index contributed by atoms with van der Waals surface area (Å²) in [5.41, 5.74) is 2.38. The summed E-state index contributed by atoms with van der Waals surface area (Å²) in [6, 6.07) is 3.30. The fourth-order valence-corrected chi connectivity index (χ4v) is 2.46. The molecule has 1 aromatic rings. The van der Waals surface area contributed by atoms with Crippen LogP contribution in [0.25, 0.3) is 0 Å². The fourth-order valence-electron chi connectivity index (χ4n) is 1.83. The van der Waals surface area contributed by atoms with Gasteiger partial charge in [0.25, 0.3) is 0 Å². The summed E-state index contributed by atoms with van der Waals surface area (Å²) in [7, 11) is 0. The molecule has 0 saturated heterocycles. The highest BCUT2D eigenvalue weighted by Gasteiger charge is 2.47. The average Bonchev–Trinajstić information content (AvgIpc) is 2.43. The van der Waals surface area contributed by atoms with Crippen LogP contribution in [0.3, 0.4) is 0 Å². The van der Waals surface area contributed by atoms with Crippen molar-refractivity contribution >= 4 is 23.2 Å². The Hall–Kier alpha value is -1.71. The van der Waals surface area contributed by atoms with E-state index in [4.69, 9.17) is 10.5 Å². The van der Waals surface area contributed by atoms with Crippen LogP contribution in [0.4, 0.5) is 13.6 Å². The minimum absolute atomic E-state index is 0.167. The first-order valence-corrected chi connectivity index (χ1v) is 8.87. The molecule has 1 amide bonds. The minimum Gasteiger partial charge on any atom is -0.591 e. The lowest BCUT2D eigenvalue weighted by atomic mass is 9.91. The number of halogens is 2. The van der Waals surface area contributed by atoms with Crippen molar-refractivity contribution in [1.82, 2.24) is 0 Å². The normalized spacial score (nSPS) is 14.9. The number of carbonyl (C=O) groups is 1. The van der Waals surface area contributed by atoms with Crippen molar-refractivity contribution in [3.05, 3.63) is 29.3 Å². The topological polar surface area (TPSA) is 108 Å². The molecule has 0 spiro atoms. The zero-order chi connectivity index (χ0) is 20.5.